The number of nitriles is 1. The topological polar surface area (TPSA) is 163 Å². The second-order valence-corrected chi connectivity index (χ2v) is 13.1. The molecular weight excluding hydrogens is 693 g/mol. The number of rotatable bonds is 15. The summed E-state index contributed by atoms with van der Waals surface area (Å²) in [6.45, 7) is 0.0963. The predicted molar refractivity (Wildman–Crippen MR) is 210 cm³/mol. The molecule has 0 unspecified atom stereocenters. The van der Waals surface area contributed by atoms with Crippen LogP contribution in [0.25, 0.3) is 27.9 Å². The van der Waals surface area contributed by atoms with Crippen molar-refractivity contribution in [3.63, 3.8) is 0 Å². The Labute approximate surface area is 317 Å². The van der Waals surface area contributed by atoms with Crippen molar-refractivity contribution < 1.29 is 19.1 Å². The van der Waals surface area contributed by atoms with Crippen molar-refractivity contribution in [2.45, 2.75) is 31.8 Å². The molecule has 3 heterocycles. The minimum atomic E-state index is -0.663. The van der Waals surface area contributed by atoms with E-state index in [-0.39, 0.29) is 12.1 Å². The minimum absolute atomic E-state index is 0.132. The largest absolute Gasteiger partial charge is 0.497 e. The lowest BCUT2D eigenvalue weighted by atomic mass is 10.0. The number of carbonyl (C=O) groups is 2. The number of para-hydroxylation sites is 2. The first-order chi connectivity index (χ1) is 26.9. The summed E-state index contributed by atoms with van der Waals surface area (Å²) in [5.41, 5.74) is 5.73. The zero-order valence-corrected chi connectivity index (χ0v) is 30.5. The summed E-state index contributed by atoms with van der Waals surface area (Å²) in [5, 5.41) is 27.1. The van der Waals surface area contributed by atoms with E-state index in [2.05, 4.69) is 37.3 Å². The summed E-state index contributed by atoms with van der Waals surface area (Å²) in [4.78, 5) is 33.5. The Kier molecular flexibility index (Phi) is 11.0. The Morgan fingerprint density at radius 3 is 2.09 bits per heavy atom. The van der Waals surface area contributed by atoms with Crippen LogP contribution < -0.4 is 20.1 Å². The molecule has 55 heavy (non-hydrogen) atoms. The molecular formula is C43H40N8O4. The van der Waals surface area contributed by atoms with E-state index in [9.17, 15) is 14.9 Å². The van der Waals surface area contributed by atoms with Crippen LogP contribution in [0, 0.1) is 11.3 Å². The maximum Gasteiger partial charge on any atom is 0.262 e. The second-order valence-electron chi connectivity index (χ2n) is 13.1. The number of H-pyrrole nitrogens is 2. The SMILES string of the molecule is COc1ccc(/C=C(\C#N)C(=O)NCC(=O)N[C@H](Cc2c[nH]c3ccccc23)c2nnc(CCc3c[nH]c4ccccc34)n2Cc2ccc(OC)cc2)cc1. The fourth-order valence-corrected chi connectivity index (χ4v) is 6.71. The molecule has 0 saturated carbocycles. The molecule has 7 rings (SSSR count). The number of ether oxygens (including phenoxy) is 2. The minimum Gasteiger partial charge on any atom is -0.497 e. The smallest absolute Gasteiger partial charge is 0.262 e. The number of amides is 2. The molecule has 4 N–H and O–H groups in total. The number of nitrogens with zero attached hydrogens (tertiary/aromatic N) is 4. The Morgan fingerprint density at radius 1 is 0.818 bits per heavy atom. The Hall–Kier alpha value is -7.13. The van der Waals surface area contributed by atoms with Crippen molar-refractivity contribution in [3.05, 3.63) is 149 Å². The van der Waals surface area contributed by atoms with Gasteiger partial charge in [-0.2, -0.15) is 5.26 Å². The van der Waals surface area contributed by atoms with Crippen molar-refractivity contribution in [1.29, 1.82) is 5.26 Å². The number of benzene rings is 4. The molecule has 12 nitrogen and oxygen atoms in total. The van der Waals surface area contributed by atoms with Gasteiger partial charge in [0.2, 0.25) is 5.91 Å². The van der Waals surface area contributed by atoms with Gasteiger partial charge < -0.3 is 34.6 Å². The number of aromatic nitrogens is 5. The van der Waals surface area contributed by atoms with Crippen molar-refractivity contribution in [2.75, 3.05) is 20.8 Å². The van der Waals surface area contributed by atoms with Crippen molar-refractivity contribution in [3.8, 4) is 17.6 Å². The van der Waals surface area contributed by atoms with Crippen LogP contribution >= 0.6 is 0 Å². The van der Waals surface area contributed by atoms with E-state index in [1.54, 1.807) is 38.5 Å². The van der Waals surface area contributed by atoms with E-state index in [1.807, 2.05) is 79.1 Å². The molecule has 2 amide bonds. The first kappa shape index (κ1) is 36.2. The third kappa shape index (κ3) is 8.42. The van der Waals surface area contributed by atoms with E-state index in [0.717, 1.165) is 50.9 Å². The number of carbonyl (C=O) groups excluding carboxylic acids is 2. The lowest BCUT2D eigenvalue weighted by Gasteiger charge is -2.20. The molecule has 0 fully saturated rings. The molecule has 3 aromatic heterocycles. The van der Waals surface area contributed by atoms with Crippen LogP contribution in [0.3, 0.4) is 0 Å². The molecule has 0 spiro atoms. The highest BCUT2D eigenvalue weighted by atomic mass is 16.5. The van der Waals surface area contributed by atoms with E-state index >= 15 is 0 Å². The van der Waals surface area contributed by atoms with Gasteiger partial charge in [0.15, 0.2) is 5.82 Å². The number of hydrogen-bond donors (Lipinski definition) is 4. The lowest BCUT2D eigenvalue weighted by Crippen LogP contribution is -2.40. The lowest BCUT2D eigenvalue weighted by molar-refractivity contribution is -0.124. The molecule has 0 bridgehead atoms. The van der Waals surface area contributed by atoms with Crippen LogP contribution in [0.15, 0.2) is 115 Å². The first-order valence-electron chi connectivity index (χ1n) is 17.9. The van der Waals surface area contributed by atoms with E-state index in [0.29, 0.717) is 36.5 Å². The van der Waals surface area contributed by atoms with Gasteiger partial charge >= 0.3 is 0 Å². The molecule has 4 aromatic carbocycles. The molecule has 7 aromatic rings. The maximum atomic E-state index is 13.7. The molecule has 1 atom stereocenters. The fraction of sp³-hybridized carbons (Fsp3) is 0.186. The van der Waals surface area contributed by atoms with Crippen LogP contribution in [0.5, 0.6) is 11.5 Å². The Morgan fingerprint density at radius 2 is 1.44 bits per heavy atom. The molecule has 0 aliphatic rings. The third-order valence-corrected chi connectivity index (χ3v) is 9.60. The van der Waals surface area contributed by atoms with Gasteiger partial charge in [0.1, 0.15) is 29.0 Å². The quantitative estimate of drug-likeness (QED) is 0.0719. The van der Waals surface area contributed by atoms with Crippen molar-refractivity contribution >= 4 is 39.7 Å². The molecule has 12 heteroatoms. The zero-order chi connectivity index (χ0) is 38.1. The summed E-state index contributed by atoms with van der Waals surface area (Å²) in [5.74, 6) is 1.64. The van der Waals surface area contributed by atoms with Gasteiger partial charge in [0.25, 0.3) is 5.91 Å². The van der Waals surface area contributed by atoms with E-state index < -0.39 is 17.9 Å². The molecule has 0 saturated heterocycles. The van der Waals surface area contributed by atoms with Crippen LogP contribution in [0.4, 0.5) is 0 Å². The van der Waals surface area contributed by atoms with Crippen LogP contribution in [-0.2, 0) is 35.4 Å². The van der Waals surface area contributed by atoms with Crippen molar-refractivity contribution in [2.24, 2.45) is 0 Å². The van der Waals surface area contributed by atoms with Crippen LogP contribution in [0.2, 0.25) is 0 Å². The first-order valence-corrected chi connectivity index (χ1v) is 17.9. The fourth-order valence-electron chi connectivity index (χ4n) is 6.71. The zero-order valence-electron chi connectivity index (χ0n) is 30.5. The van der Waals surface area contributed by atoms with Crippen LogP contribution in [-0.4, -0.2) is 57.3 Å². The monoisotopic (exact) mass is 732 g/mol. The average Bonchev–Trinajstić information content (AvgIpc) is 3.95. The predicted octanol–water partition coefficient (Wildman–Crippen LogP) is 6.21. The number of aryl methyl sites for hydroxylation is 2. The highest BCUT2D eigenvalue weighted by Crippen LogP contribution is 2.27. The summed E-state index contributed by atoms with van der Waals surface area (Å²) in [6, 6.07) is 32.3. The molecule has 0 aliphatic heterocycles. The molecule has 276 valence electrons. The number of nitrogens with one attached hydrogen (secondary N) is 4. The van der Waals surface area contributed by atoms with Crippen molar-refractivity contribution in [1.82, 2.24) is 35.4 Å². The maximum absolute atomic E-state index is 13.7. The van der Waals surface area contributed by atoms with Crippen LogP contribution in [0.1, 0.15) is 39.9 Å². The summed E-state index contributed by atoms with van der Waals surface area (Å²) in [6.07, 6.45) is 7.17. The van der Waals surface area contributed by atoms with E-state index in [1.165, 1.54) is 11.6 Å². The summed E-state index contributed by atoms with van der Waals surface area (Å²) in [7, 11) is 3.19. The summed E-state index contributed by atoms with van der Waals surface area (Å²) < 4.78 is 12.7. The average molecular weight is 733 g/mol. The third-order valence-electron chi connectivity index (χ3n) is 9.60. The summed E-state index contributed by atoms with van der Waals surface area (Å²) >= 11 is 0. The van der Waals surface area contributed by atoms with Gasteiger partial charge in [-0.1, -0.05) is 60.7 Å². The number of methoxy groups -OCH3 is 2. The number of aromatic amines is 2. The van der Waals surface area contributed by atoms with Gasteiger partial charge in [0, 0.05) is 47.0 Å². The second kappa shape index (κ2) is 16.7. The Bertz CT molecular complexity index is 2500. The number of hydrogen-bond acceptors (Lipinski definition) is 7. The van der Waals surface area contributed by atoms with Gasteiger partial charge in [0.05, 0.1) is 33.4 Å². The Balaban J connectivity index is 1.17. The molecule has 0 aliphatic carbocycles. The standard InChI is InChI=1S/C43H40N8O4/c1-54-33-16-11-28(12-17-33)21-31(23-44)43(53)47-26-41(52)48-39(22-32-25-46-38-10-6-4-8-36(32)38)42-50-49-40(51(42)27-29-13-18-34(55-2)19-14-29)20-15-30-24-45-37-9-5-3-7-35(30)37/h3-14,16-19,21,24-25,39,45-46H,15,20,22,26-27H2,1-2H3,(H,47,53)(H,48,52)/b31-21+/t39-/m1/s1. The number of fused-ring (bicyclic) bond motifs is 2. The van der Waals surface area contributed by atoms with Gasteiger partial charge in [-0.15, -0.1) is 10.2 Å². The van der Waals surface area contributed by atoms with Gasteiger partial charge in [-0.05, 0) is 71.1 Å². The molecule has 0 radical (unpaired) electrons. The highest BCUT2D eigenvalue weighted by Gasteiger charge is 2.26. The highest BCUT2D eigenvalue weighted by molar-refractivity contribution is 6.03. The van der Waals surface area contributed by atoms with E-state index in [4.69, 9.17) is 19.7 Å². The van der Waals surface area contributed by atoms with Gasteiger partial charge in [-0.3, -0.25) is 9.59 Å². The van der Waals surface area contributed by atoms with Gasteiger partial charge in [-0.25, -0.2) is 0 Å². The normalized spacial score (nSPS) is 12.0.